The van der Waals surface area contributed by atoms with E-state index < -0.39 is 0 Å². The number of unbranched alkanes of at least 4 members (excludes halogenated alkanes) is 4. The van der Waals surface area contributed by atoms with Gasteiger partial charge in [-0.2, -0.15) is 4.98 Å². The molecule has 1 heterocycles. The van der Waals surface area contributed by atoms with Gasteiger partial charge in [-0.1, -0.05) is 44.2 Å². The van der Waals surface area contributed by atoms with Crippen LogP contribution in [0, 0.1) is 13.8 Å². The summed E-state index contributed by atoms with van der Waals surface area (Å²) in [4.78, 5) is 8.33. The molecule has 0 saturated heterocycles. The molecule has 0 saturated carbocycles. The van der Waals surface area contributed by atoms with Gasteiger partial charge in [0, 0.05) is 5.56 Å². The molecule has 0 N–H and O–H groups in total. The summed E-state index contributed by atoms with van der Waals surface area (Å²) < 4.78 is 5.64. The van der Waals surface area contributed by atoms with Gasteiger partial charge in [0.05, 0.1) is 6.61 Å². The summed E-state index contributed by atoms with van der Waals surface area (Å²) in [6.07, 6.45) is 6.13. The lowest BCUT2D eigenvalue weighted by Crippen LogP contribution is -2.03. The monoisotopic (exact) mass is 256 g/mol. The number of rotatable bonds is 7. The molecule has 1 rings (SSSR count). The van der Waals surface area contributed by atoms with Crippen LogP contribution in [0.3, 0.4) is 0 Å². The third-order valence-electron chi connectivity index (χ3n) is 2.64. The molecule has 0 aliphatic carbocycles. The SMILES string of the molecule is CCCCCCCOc1nc(C)nc(Cl)c1C. The van der Waals surface area contributed by atoms with E-state index in [2.05, 4.69) is 16.9 Å². The van der Waals surface area contributed by atoms with Crippen LogP contribution in [0.5, 0.6) is 5.88 Å². The molecule has 17 heavy (non-hydrogen) atoms. The van der Waals surface area contributed by atoms with Gasteiger partial charge in [-0.05, 0) is 20.3 Å². The zero-order valence-electron chi connectivity index (χ0n) is 10.9. The zero-order chi connectivity index (χ0) is 12.7. The van der Waals surface area contributed by atoms with Gasteiger partial charge in [-0.15, -0.1) is 0 Å². The van der Waals surface area contributed by atoms with Crippen molar-refractivity contribution in [1.82, 2.24) is 9.97 Å². The first kappa shape index (κ1) is 14.2. The van der Waals surface area contributed by atoms with Gasteiger partial charge >= 0.3 is 0 Å². The molecule has 0 spiro atoms. The average molecular weight is 257 g/mol. The molecule has 0 radical (unpaired) electrons. The van der Waals surface area contributed by atoms with Crippen LogP contribution < -0.4 is 4.74 Å². The summed E-state index contributed by atoms with van der Waals surface area (Å²) in [5.74, 6) is 1.28. The topological polar surface area (TPSA) is 35.0 Å². The average Bonchev–Trinajstić information content (AvgIpc) is 2.29. The quantitative estimate of drug-likeness (QED) is 0.544. The van der Waals surface area contributed by atoms with Crippen LogP contribution in [-0.2, 0) is 0 Å². The third kappa shape index (κ3) is 4.90. The van der Waals surface area contributed by atoms with Gasteiger partial charge in [0.15, 0.2) is 0 Å². The lowest BCUT2D eigenvalue weighted by atomic mass is 10.2. The molecule has 0 atom stereocenters. The molecule has 0 amide bonds. The third-order valence-corrected chi connectivity index (χ3v) is 3.01. The lowest BCUT2D eigenvalue weighted by Gasteiger charge is -2.09. The van der Waals surface area contributed by atoms with Crippen molar-refractivity contribution in [2.45, 2.75) is 52.9 Å². The van der Waals surface area contributed by atoms with Gasteiger partial charge in [0.25, 0.3) is 0 Å². The number of hydrogen-bond acceptors (Lipinski definition) is 3. The molecule has 0 aliphatic heterocycles. The molecule has 0 unspecified atom stereocenters. The minimum atomic E-state index is 0.485. The van der Waals surface area contributed by atoms with Crippen LogP contribution in [0.25, 0.3) is 0 Å². The molecule has 3 nitrogen and oxygen atoms in total. The van der Waals surface area contributed by atoms with Crippen molar-refractivity contribution < 1.29 is 4.74 Å². The lowest BCUT2D eigenvalue weighted by molar-refractivity contribution is 0.290. The maximum Gasteiger partial charge on any atom is 0.221 e. The van der Waals surface area contributed by atoms with E-state index in [4.69, 9.17) is 16.3 Å². The summed E-state index contributed by atoms with van der Waals surface area (Å²) in [5.41, 5.74) is 0.825. The predicted molar refractivity (Wildman–Crippen MR) is 70.8 cm³/mol. The number of nitrogens with zero attached hydrogens (tertiary/aromatic N) is 2. The summed E-state index contributed by atoms with van der Waals surface area (Å²) >= 11 is 5.97. The van der Waals surface area contributed by atoms with Crippen molar-refractivity contribution in [2.24, 2.45) is 0 Å². The molecule has 1 aromatic rings. The van der Waals surface area contributed by atoms with Crippen LogP contribution in [-0.4, -0.2) is 16.6 Å². The van der Waals surface area contributed by atoms with E-state index in [9.17, 15) is 0 Å². The van der Waals surface area contributed by atoms with E-state index >= 15 is 0 Å². The zero-order valence-corrected chi connectivity index (χ0v) is 11.7. The highest BCUT2D eigenvalue weighted by atomic mass is 35.5. The van der Waals surface area contributed by atoms with E-state index in [1.165, 1.54) is 25.7 Å². The van der Waals surface area contributed by atoms with E-state index in [1.807, 2.05) is 13.8 Å². The number of aryl methyl sites for hydroxylation is 1. The van der Waals surface area contributed by atoms with Crippen molar-refractivity contribution in [2.75, 3.05) is 6.61 Å². The van der Waals surface area contributed by atoms with Crippen molar-refractivity contribution in [1.29, 1.82) is 0 Å². The van der Waals surface area contributed by atoms with Gasteiger partial charge in [-0.3, -0.25) is 0 Å². The Kier molecular flexibility index (Phi) is 6.27. The fourth-order valence-electron chi connectivity index (χ4n) is 1.58. The van der Waals surface area contributed by atoms with Gasteiger partial charge < -0.3 is 4.74 Å². The Hall–Kier alpha value is -0.830. The first-order valence-electron chi connectivity index (χ1n) is 6.28. The highest BCUT2D eigenvalue weighted by molar-refractivity contribution is 6.30. The van der Waals surface area contributed by atoms with Crippen LogP contribution in [0.15, 0.2) is 0 Å². The first-order valence-corrected chi connectivity index (χ1v) is 6.66. The highest BCUT2D eigenvalue weighted by Crippen LogP contribution is 2.21. The second kappa shape index (κ2) is 7.49. The van der Waals surface area contributed by atoms with E-state index in [0.29, 0.717) is 23.5 Å². The molecule has 0 fully saturated rings. The van der Waals surface area contributed by atoms with Crippen molar-refractivity contribution in [3.8, 4) is 5.88 Å². The summed E-state index contributed by atoms with van der Waals surface area (Å²) in [7, 11) is 0. The molecule has 0 aromatic carbocycles. The van der Waals surface area contributed by atoms with E-state index in [1.54, 1.807) is 0 Å². The minimum absolute atomic E-state index is 0.485. The Morgan fingerprint density at radius 3 is 2.47 bits per heavy atom. The highest BCUT2D eigenvalue weighted by Gasteiger charge is 2.07. The van der Waals surface area contributed by atoms with Crippen LogP contribution in [0.4, 0.5) is 0 Å². The number of aromatic nitrogens is 2. The molecule has 4 heteroatoms. The standard InChI is InChI=1S/C13H21ClN2O/c1-4-5-6-7-8-9-17-13-10(2)12(14)15-11(3)16-13/h4-9H2,1-3H3. The van der Waals surface area contributed by atoms with Crippen molar-refractivity contribution in [3.05, 3.63) is 16.5 Å². The van der Waals surface area contributed by atoms with Crippen molar-refractivity contribution >= 4 is 11.6 Å². The Labute approximate surface area is 109 Å². The first-order chi connectivity index (χ1) is 8.15. The fourth-order valence-corrected chi connectivity index (χ4v) is 1.79. The number of ether oxygens (including phenoxy) is 1. The maximum atomic E-state index is 5.97. The van der Waals surface area contributed by atoms with Crippen LogP contribution in [0.1, 0.15) is 50.4 Å². The molecular formula is C13H21ClN2O. The smallest absolute Gasteiger partial charge is 0.221 e. The molecular weight excluding hydrogens is 236 g/mol. The van der Waals surface area contributed by atoms with Crippen LogP contribution in [0.2, 0.25) is 5.15 Å². The molecule has 1 aromatic heterocycles. The summed E-state index contributed by atoms with van der Waals surface area (Å²) in [6.45, 7) is 6.62. The Morgan fingerprint density at radius 1 is 1.06 bits per heavy atom. The fraction of sp³-hybridized carbons (Fsp3) is 0.692. The van der Waals surface area contributed by atoms with Gasteiger partial charge in [0.2, 0.25) is 5.88 Å². The second-order valence-electron chi connectivity index (χ2n) is 4.25. The summed E-state index contributed by atoms with van der Waals surface area (Å²) in [6, 6.07) is 0. The van der Waals surface area contributed by atoms with Crippen molar-refractivity contribution in [3.63, 3.8) is 0 Å². The van der Waals surface area contributed by atoms with Gasteiger partial charge in [0.1, 0.15) is 11.0 Å². The van der Waals surface area contributed by atoms with Crippen LogP contribution >= 0.6 is 11.6 Å². The Morgan fingerprint density at radius 2 is 1.76 bits per heavy atom. The number of halogens is 1. The second-order valence-corrected chi connectivity index (χ2v) is 4.61. The Balaban J connectivity index is 2.36. The van der Waals surface area contributed by atoms with E-state index in [-0.39, 0.29) is 0 Å². The minimum Gasteiger partial charge on any atom is -0.477 e. The predicted octanol–water partition coefficient (Wildman–Crippen LogP) is 4.10. The largest absolute Gasteiger partial charge is 0.477 e. The number of hydrogen-bond donors (Lipinski definition) is 0. The Bertz CT molecular complexity index is 356. The molecule has 0 bridgehead atoms. The summed E-state index contributed by atoms with van der Waals surface area (Å²) in [5, 5.41) is 0.485. The van der Waals surface area contributed by atoms with Gasteiger partial charge in [-0.25, -0.2) is 4.98 Å². The molecule has 0 aliphatic rings. The molecule has 96 valence electrons. The van der Waals surface area contributed by atoms with E-state index in [0.717, 1.165) is 12.0 Å². The maximum absolute atomic E-state index is 5.97. The normalized spacial score (nSPS) is 10.6.